The molecular weight excluding hydrogens is 505 g/mol. The molecule has 0 bridgehead atoms. The minimum Gasteiger partial charge on any atom is -0.357 e. The third-order valence-electron chi connectivity index (χ3n) is 5.60. The van der Waals surface area contributed by atoms with Gasteiger partial charge in [0.25, 0.3) is 10.0 Å². The number of nitrogens with zero attached hydrogens (tertiary/aromatic N) is 2. The molecule has 1 N–H and O–H groups in total. The van der Waals surface area contributed by atoms with Crippen LogP contribution in [0.15, 0.2) is 83.8 Å². The molecule has 1 atom stereocenters. The normalized spacial score (nSPS) is 12.0. The van der Waals surface area contributed by atoms with Crippen molar-refractivity contribution in [2.75, 3.05) is 17.9 Å². The molecule has 0 spiro atoms. The van der Waals surface area contributed by atoms with Crippen LogP contribution in [0.3, 0.4) is 0 Å². The lowest BCUT2D eigenvalue weighted by molar-refractivity contribution is -0.140. The number of halogens is 2. The van der Waals surface area contributed by atoms with E-state index in [2.05, 4.69) is 5.32 Å². The lowest BCUT2D eigenvalue weighted by Gasteiger charge is -2.33. The highest BCUT2D eigenvalue weighted by Gasteiger charge is 2.33. The summed E-state index contributed by atoms with van der Waals surface area (Å²) >= 11 is 6.14. The van der Waals surface area contributed by atoms with E-state index < -0.39 is 40.2 Å². The Hall–Kier alpha value is -3.43. The first-order valence-electron chi connectivity index (χ1n) is 11.3. The zero-order valence-corrected chi connectivity index (χ0v) is 21.5. The summed E-state index contributed by atoms with van der Waals surface area (Å²) in [5, 5.41) is 2.85. The molecule has 0 aliphatic rings. The Morgan fingerprint density at radius 2 is 1.67 bits per heavy atom. The van der Waals surface area contributed by atoms with E-state index in [1.54, 1.807) is 43.3 Å². The monoisotopic (exact) mass is 531 g/mol. The molecule has 10 heteroatoms. The second kappa shape index (κ2) is 12.0. The van der Waals surface area contributed by atoms with Gasteiger partial charge in [0.15, 0.2) is 0 Å². The molecule has 3 aromatic rings. The van der Waals surface area contributed by atoms with Crippen molar-refractivity contribution in [2.45, 2.75) is 30.8 Å². The summed E-state index contributed by atoms with van der Waals surface area (Å²) in [4.78, 5) is 27.7. The van der Waals surface area contributed by atoms with E-state index in [0.29, 0.717) is 10.6 Å². The van der Waals surface area contributed by atoms with Crippen molar-refractivity contribution in [1.82, 2.24) is 10.2 Å². The van der Waals surface area contributed by atoms with E-state index >= 15 is 0 Å². The average molecular weight is 532 g/mol. The fourth-order valence-corrected chi connectivity index (χ4v) is 5.36. The molecule has 36 heavy (non-hydrogen) atoms. The number of hydrogen-bond acceptors (Lipinski definition) is 4. The number of rotatable bonds is 10. The number of amides is 2. The molecule has 0 unspecified atom stereocenters. The van der Waals surface area contributed by atoms with E-state index in [0.717, 1.165) is 4.31 Å². The fraction of sp³-hybridized carbons (Fsp3) is 0.231. The van der Waals surface area contributed by atoms with Gasteiger partial charge in [0.1, 0.15) is 18.4 Å². The highest BCUT2D eigenvalue weighted by molar-refractivity contribution is 7.92. The van der Waals surface area contributed by atoms with Gasteiger partial charge < -0.3 is 10.2 Å². The predicted octanol–water partition coefficient (Wildman–Crippen LogP) is 4.23. The van der Waals surface area contributed by atoms with Crippen molar-refractivity contribution < 1.29 is 22.4 Å². The maximum Gasteiger partial charge on any atom is 0.264 e. The minimum absolute atomic E-state index is 0.00111. The Balaban J connectivity index is 2.04. The molecule has 190 valence electrons. The van der Waals surface area contributed by atoms with Gasteiger partial charge in [-0.1, -0.05) is 54.9 Å². The van der Waals surface area contributed by atoms with Crippen LogP contribution in [0.5, 0.6) is 0 Å². The first kappa shape index (κ1) is 27.2. The number of carbonyl (C=O) groups is 2. The lowest BCUT2D eigenvalue weighted by Crippen LogP contribution is -2.51. The van der Waals surface area contributed by atoms with Crippen LogP contribution >= 0.6 is 11.6 Å². The summed E-state index contributed by atoms with van der Waals surface area (Å²) in [7, 11) is -2.70. The zero-order chi connectivity index (χ0) is 26.3. The van der Waals surface area contributed by atoms with Crippen molar-refractivity contribution >= 4 is 39.1 Å². The molecule has 7 nitrogen and oxygen atoms in total. The van der Waals surface area contributed by atoms with E-state index in [1.807, 2.05) is 0 Å². The summed E-state index contributed by atoms with van der Waals surface area (Å²) in [6.07, 6.45) is 0.287. The largest absolute Gasteiger partial charge is 0.357 e. The summed E-state index contributed by atoms with van der Waals surface area (Å²) < 4.78 is 41.7. The van der Waals surface area contributed by atoms with E-state index in [-0.39, 0.29) is 23.5 Å². The van der Waals surface area contributed by atoms with Crippen LogP contribution in [0, 0.1) is 5.82 Å². The minimum atomic E-state index is -4.16. The van der Waals surface area contributed by atoms with Crippen LogP contribution in [0.25, 0.3) is 0 Å². The number of benzene rings is 3. The lowest BCUT2D eigenvalue weighted by atomic mass is 10.1. The van der Waals surface area contributed by atoms with E-state index in [9.17, 15) is 22.4 Å². The summed E-state index contributed by atoms with van der Waals surface area (Å²) in [5.74, 6) is -1.43. The first-order valence-corrected chi connectivity index (χ1v) is 13.1. The SMILES string of the molecule is CC[C@@H](C(=O)NC)N(Cc1ccc(F)cc1)C(=O)CN(c1cccc(Cl)c1)S(=O)(=O)c1ccccc1. The van der Waals surface area contributed by atoms with Gasteiger partial charge in [-0.3, -0.25) is 13.9 Å². The van der Waals surface area contributed by atoms with E-state index in [4.69, 9.17) is 11.6 Å². The second-order valence-corrected chi connectivity index (χ2v) is 10.3. The predicted molar refractivity (Wildman–Crippen MR) is 138 cm³/mol. The number of hydrogen-bond donors (Lipinski definition) is 1. The quantitative estimate of drug-likeness (QED) is 0.424. The first-order chi connectivity index (χ1) is 17.2. The molecule has 0 fully saturated rings. The number of anilines is 1. The number of likely N-dealkylation sites (N-methyl/N-ethyl adjacent to an activating group) is 1. The summed E-state index contributed by atoms with van der Waals surface area (Å²) in [6.45, 7) is 1.16. The molecule has 0 saturated carbocycles. The van der Waals surface area contributed by atoms with Gasteiger partial charge in [0, 0.05) is 18.6 Å². The van der Waals surface area contributed by atoms with Gasteiger partial charge in [-0.15, -0.1) is 0 Å². The standard InChI is InChI=1S/C26H27ClFN3O4S/c1-3-24(26(33)29-2)30(17-19-12-14-21(28)15-13-19)25(32)18-31(22-9-7-8-20(27)16-22)36(34,35)23-10-5-4-6-11-23/h4-16,24H,3,17-18H2,1-2H3,(H,29,33)/t24-/m0/s1. The molecule has 3 rings (SSSR count). The van der Waals surface area contributed by atoms with Gasteiger partial charge in [-0.05, 0) is 54.4 Å². The molecular formula is C26H27ClFN3O4S. The number of nitrogens with one attached hydrogen (secondary N) is 1. The highest BCUT2D eigenvalue weighted by Crippen LogP contribution is 2.27. The molecule has 0 radical (unpaired) electrons. The van der Waals surface area contributed by atoms with Crippen LogP contribution < -0.4 is 9.62 Å². The molecule has 0 aromatic heterocycles. The van der Waals surface area contributed by atoms with Crippen molar-refractivity contribution in [3.05, 3.63) is 95.3 Å². The Morgan fingerprint density at radius 1 is 1.00 bits per heavy atom. The van der Waals surface area contributed by atoms with Crippen molar-refractivity contribution in [3.8, 4) is 0 Å². The van der Waals surface area contributed by atoms with Crippen LogP contribution in [0.1, 0.15) is 18.9 Å². The highest BCUT2D eigenvalue weighted by atomic mass is 35.5. The summed E-state index contributed by atoms with van der Waals surface area (Å²) in [5.41, 5.74) is 0.793. The second-order valence-electron chi connectivity index (χ2n) is 7.99. The molecule has 0 aliphatic carbocycles. The van der Waals surface area contributed by atoms with Crippen LogP contribution in [0.2, 0.25) is 5.02 Å². The van der Waals surface area contributed by atoms with Crippen molar-refractivity contribution in [3.63, 3.8) is 0 Å². The Bertz CT molecular complexity index is 1300. The molecule has 3 aromatic carbocycles. The van der Waals surface area contributed by atoms with Crippen molar-refractivity contribution in [2.24, 2.45) is 0 Å². The van der Waals surface area contributed by atoms with Gasteiger partial charge >= 0.3 is 0 Å². The molecule has 0 aliphatic heterocycles. The van der Waals surface area contributed by atoms with Crippen LogP contribution in [-0.2, 0) is 26.2 Å². The third kappa shape index (κ3) is 6.41. The third-order valence-corrected chi connectivity index (χ3v) is 7.63. The van der Waals surface area contributed by atoms with Gasteiger partial charge in [-0.2, -0.15) is 0 Å². The smallest absolute Gasteiger partial charge is 0.264 e. The molecule has 2 amide bonds. The average Bonchev–Trinajstić information content (AvgIpc) is 2.88. The fourth-order valence-electron chi connectivity index (χ4n) is 3.75. The van der Waals surface area contributed by atoms with Crippen LogP contribution in [-0.4, -0.2) is 44.8 Å². The Labute approximate surface area is 215 Å². The van der Waals surface area contributed by atoms with E-state index in [1.165, 1.54) is 54.4 Å². The number of sulfonamides is 1. The van der Waals surface area contributed by atoms with Gasteiger partial charge in [-0.25, -0.2) is 12.8 Å². The maximum atomic E-state index is 13.7. The Kier molecular flexibility index (Phi) is 9.06. The molecule has 0 saturated heterocycles. The molecule has 0 heterocycles. The zero-order valence-electron chi connectivity index (χ0n) is 19.9. The van der Waals surface area contributed by atoms with Gasteiger partial charge in [0.05, 0.1) is 10.6 Å². The topological polar surface area (TPSA) is 86.8 Å². The van der Waals surface area contributed by atoms with Gasteiger partial charge in [0.2, 0.25) is 11.8 Å². The maximum absolute atomic E-state index is 13.7. The Morgan fingerprint density at radius 3 is 2.25 bits per heavy atom. The van der Waals surface area contributed by atoms with Crippen LogP contribution in [0.4, 0.5) is 10.1 Å². The number of carbonyl (C=O) groups excluding carboxylic acids is 2. The summed E-state index contributed by atoms with van der Waals surface area (Å²) in [6, 6.07) is 18.6. The van der Waals surface area contributed by atoms with Crippen molar-refractivity contribution in [1.29, 1.82) is 0 Å².